The molecule has 164 valence electrons. The number of aliphatic hydroxyl groups is 1. The maximum Gasteiger partial charge on any atom is 0.336 e. The number of phenolic OH excluding ortho intramolecular Hbond substituents is 1. The van der Waals surface area contributed by atoms with Crippen LogP contribution in [0.2, 0.25) is 0 Å². The van der Waals surface area contributed by atoms with Gasteiger partial charge in [0, 0.05) is 0 Å². The average Bonchev–Trinajstić information content (AvgIpc) is 2.61. The molecule has 0 amide bonds. The fourth-order valence-electron chi connectivity index (χ4n) is 2.71. The molecule has 0 bridgehead atoms. The second-order valence-electron chi connectivity index (χ2n) is 6.98. The van der Waals surface area contributed by atoms with Crippen LogP contribution in [0.25, 0.3) is 0 Å². The van der Waals surface area contributed by atoms with Crippen LogP contribution in [0.15, 0.2) is 24.3 Å². The molecule has 1 aromatic carbocycles. The fraction of sp³-hybridized carbons (Fsp3) is 0.571. The highest BCUT2D eigenvalue weighted by molar-refractivity contribution is 5.88. The van der Waals surface area contributed by atoms with Crippen LogP contribution in [0, 0.1) is 0 Å². The quantitative estimate of drug-likeness (QED) is 0.309. The normalized spacial score (nSPS) is 10.7. The average molecular weight is 412 g/mol. The largest absolute Gasteiger partial charge is 0.508 e. The summed E-state index contributed by atoms with van der Waals surface area (Å²) in [5.74, 6) is -4.57. The van der Waals surface area contributed by atoms with Gasteiger partial charge in [-0.05, 0) is 24.5 Å². The van der Waals surface area contributed by atoms with Gasteiger partial charge in [-0.2, -0.15) is 0 Å². The van der Waals surface area contributed by atoms with Gasteiger partial charge in [0.05, 0.1) is 12.8 Å². The predicted octanol–water partition coefficient (Wildman–Crippen LogP) is 3.44. The van der Waals surface area contributed by atoms with Crippen LogP contribution in [0.1, 0.15) is 70.3 Å². The van der Waals surface area contributed by atoms with Gasteiger partial charge in [-0.15, -0.1) is 0 Å². The molecule has 29 heavy (non-hydrogen) atoms. The lowest BCUT2D eigenvalue weighted by molar-refractivity contribution is -0.170. The predicted molar refractivity (Wildman–Crippen MR) is 107 cm³/mol. The highest BCUT2D eigenvalue weighted by Gasteiger charge is 2.40. The number of hydrogen-bond acceptors (Lipinski definition) is 5. The Morgan fingerprint density at radius 1 is 0.828 bits per heavy atom. The van der Waals surface area contributed by atoms with Crippen molar-refractivity contribution < 1.29 is 39.9 Å². The van der Waals surface area contributed by atoms with Gasteiger partial charge in [0.15, 0.2) is 5.60 Å². The lowest BCUT2D eigenvalue weighted by Gasteiger charge is -2.18. The summed E-state index contributed by atoms with van der Waals surface area (Å²) in [4.78, 5) is 30.5. The molecule has 0 saturated heterocycles. The maximum atomic E-state index is 10.3. The SMILES string of the molecule is CCCCCCCCCc1ccccc1O.O=C(O)CC(O)(CC(=O)O)C(=O)O. The van der Waals surface area contributed by atoms with Crippen molar-refractivity contribution >= 4 is 17.9 Å². The summed E-state index contributed by atoms with van der Waals surface area (Å²) in [6, 6.07) is 7.67. The molecule has 8 heteroatoms. The number of aliphatic carboxylic acids is 3. The molecule has 1 aromatic rings. The Labute approximate surface area is 170 Å². The molecule has 8 nitrogen and oxygen atoms in total. The third-order valence-corrected chi connectivity index (χ3v) is 4.33. The topological polar surface area (TPSA) is 152 Å². The number of unbranched alkanes of at least 4 members (excludes halogenated alkanes) is 6. The number of carboxylic acids is 3. The molecule has 0 unspecified atom stereocenters. The Morgan fingerprint density at radius 3 is 1.76 bits per heavy atom. The summed E-state index contributed by atoms with van der Waals surface area (Å²) in [7, 11) is 0. The number of carboxylic acid groups (broad SMARTS) is 3. The Bertz CT molecular complexity index is 625. The zero-order valence-corrected chi connectivity index (χ0v) is 16.8. The first-order valence-electron chi connectivity index (χ1n) is 9.78. The van der Waals surface area contributed by atoms with Gasteiger partial charge in [0.2, 0.25) is 0 Å². The van der Waals surface area contributed by atoms with Crippen LogP contribution in [-0.4, -0.2) is 49.0 Å². The monoisotopic (exact) mass is 412 g/mol. The molecule has 0 saturated carbocycles. The number of rotatable bonds is 13. The molecule has 0 fully saturated rings. The summed E-state index contributed by atoms with van der Waals surface area (Å²) in [5.41, 5.74) is -1.64. The zero-order valence-electron chi connectivity index (χ0n) is 16.8. The second kappa shape index (κ2) is 14.4. The highest BCUT2D eigenvalue weighted by atomic mass is 16.4. The van der Waals surface area contributed by atoms with E-state index in [0.717, 1.165) is 12.0 Å². The van der Waals surface area contributed by atoms with Crippen molar-refractivity contribution in [2.45, 2.75) is 76.7 Å². The van der Waals surface area contributed by atoms with Crippen molar-refractivity contribution in [2.75, 3.05) is 0 Å². The zero-order chi connectivity index (χ0) is 22.3. The number of aryl methyl sites for hydroxylation is 1. The minimum atomic E-state index is -2.74. The number of aromatic hydroxyl groups is 1. The van der Waals surface area contributed by atoms with Gasteiger partial charge in [-0.25, -0.2) is 4.79 Å². The van der Waals surface area contributed by atoms with E-state index in [4.69, 9.17) is 20.4 Å². The van der Waals surface area contributed by atoms with Gasteiger partial charge in [-0.3, -0.25) is 9.59 Å². The molecular formula is C21H32O8. The molecule has 5 N–H and O–H groups in total. The van der Waals surface area contributed by atoms with Crippen LogP contribution >= 0.6 is 0 Å². The Hall–Kier alpha value is -2.61. The maximum absolute atomic E-state index is 10.3. The minimum absolute atomic E-state index is 0.452. The van der Waals surface area contributed by atoms with Gasteiger partial charge in [0.1, 0.15) is 5.75 Å². The second-order valence-corrected chi connectivity index (χ2v) is 6.98. The Balaban J connectivity index is 0.000000555. The Morgan fingerprint density at radius 2 is 1.31 bits per heavy atom. The number of hydrogen-bond donors (Lipinski definition) is 5. The summed E-state index contributed by atoms with van der Waals surface area (Å²) >= 11 is 0. The molecule has 0 aliphatic rings. The Kier molecular flexibility index (Phi) is 13.1. The first-order chi connectivity index (χ1) is 13.6. The number of benzene rings is 1. The molecule has 1 rings (SSSR count). The van der Waals surface area contributed by atoms with E-state index in [1.807, 2.05) is 18.2 Å². The molecular weight excluding hydrogens is 380 g/mol. The van der Waals surface area contributed by atoms with E-state index in [9.17, 15) is 19.5 Å². The van der Waals surface area contributed by atoms with E-state index in [1.54, 1.807) is 6.07 Å². The van der Waals surface area contributed by atoms with Crippen molar-refractivity contribution in [3.63, 3.8) is 0 Å². The van der Waals surface area contributed by atoms with Crippen LogP contribution in [0.4, 0.5) is 0 Å². The lowest BCUT2D eigenvalue weighted by atomic mass is 9.96. The summed E-state index contributed by atoms with van der Waals surface area (Å²) in [6.45, 7) is 2.25. The first-order valence-corrected chi connectivity index (χ1v) is 9.78. The first kappa shape index (κ1) is 26.4. The summed E-state index contributed by atoms with van der Waals surface area (Å²) in [5, 5.41) is 43.4. The fourth-order valence-corrected chi connectivity index (χ4v) is 2.71. The minimum Gasteiger partial charge on any atom is -0.508 e. The van der Waals surface area contributed by atoms with Crippen LogP contribution < -0.4 is 0 Å². The lowest BCUT2D eigenvalue weighted by Crippen LogP contribution is -2.42. The molecule has 0 atom stereocenters. The molecule has 0 aliphatic carbocycles. The molecule has 0 aromatic heterocycles. The summed E-state index contributed by atoms with van der Waals surface area (Å²) in [6.07, 6.45) is 8.00. The van der Waals surface area contributed by atoms with Crippen LogP contribution in [-0.2, 0) is 20.8 Å². The molecule has 0 aliphatic heterocycles. The molecule has 0 heterocycles. The van der Waals surface area contributed by atoms with Crippen molar-refractivity contribution in [1.29, 1.82) is 0 Å². The van der Waals surface area contributed by atoms with Gasteiger partial charge in [0.25, 0.3) is 0 Å². The third-order valence-electron chi connectivity index (χ3n) is 4.33. The third kappa shape index (κ3) is 12.5. The van der Waals surface area contributed by atoms with Crippen molar-refractivity contribution in [2.24, 2.45) is 0 Å². The smallest absolute Gasteiger partial charge is 0.336 e. The van der Waals surface area contributed by atoms with E-state index in [-0.39, 0.29) is 0 Å². The van der Waals surface area contributed by atoms with Crippen molar-refractivity contribution in [1.82, 2.24) is 0 Å². The van der Waals surface area contributed by atoms with E-state index >= 15 is 0 Å². The standard InChI is InChI=1S/C15H24O.C6H8O7/c1-2-3-4-5-6-7-8-11-14-12-9-10-13-15(14)16;7-3(8)1-6(13,5(11)12)2-4(9)10/h9-10,12-13,16H,2-8,11H2,1H3;13H,1-2H2,(H,7,8)(H,9,10)(H,11,12). The van der Waals surface area contributed by atoms with Gasteiger partial charge < -0.3 is 25.5 Å². The summed E-state index contributed by atoms with van der Waals surface area (Å²) < 4.78 is 0. The van der Waals surface area contributed by atoms with E-state index < -0.39 is 36.4 Å². The number of phenols is 1. The van der Waals surface area contributed by atoms with E-state index in [0.29, 0.717) is 5.75 Å². The number of para-hydroxylation sites is 1. The van der Waals surface area contributed by atoms with E-state index in [1.165, 1.54) is 44.9 Å². The van der Waals surface area contributed by atoms with Gasteiger partial charge >= 0.3 is 17.9 Å². The van der Waals surface area contributed by atoms with Crippen LogP contribution in [0.3, 0.4) is 0 Å². The molecule has 0 spiro atoms. The van der Waals surface area contributed by atoms with Gasteiger partial charge in [-0.1, -0.05) is 63.6 Å². The van der Waals surface area contributed by atoms with Crippen molar-refractivity contribution in [3.8, 4) is 5.75 Å². The number of carbonyl (C=O) groups is 3. The van der Waals surface area contributed by atoms with Crippen LogP contribution in [0.5, 0.6) is 5.75 Å². The molecule has 0 radical (unpaired) electrons. The highest BCUT2D eigenvalue weighted by Crippen LogP contribution is 2.19. The van der Waals surface area contributed by atoms with Crippen molar-refractivity contribution in [3.05, 3.63) is 29.8 Å². The van der Waals surface area contributed by atoms with E-state index in [2.05, 4.69) is 6.92 Å².